The Morgan fingerprint density at radius 3 is 2.77 bits per heavy atom. The Labute approximate surface area is 149 Å². The van der Waals surface area contributed by atoms with E-state index in [9.17, 15) is 15.3 Å². The molecule has 1 saturated heterocycles. The van der Waals surface area contributed by atoms with Crippen molar-refractivity contribution in [3.63, 3.8) is 0 Å². The molecule has 1 fully saturated rings. The Hall–Kier alpha value is -2.27. The smallest absolute Gasteiger partial charge is 0.182 e. The Kier molecular flexibility index (Phi) is 4.07. The zero-order chi connectivity index (χ0) is 18.5. The van der Waals surface area contributed by atoms with Crippen LogP contribution < -0.4 is 5.32 Å². The summed E-state index contributed by atoms with van der Waals surface area (Å²) in [6.45, 7) is 3.40. The molecule has 2 aliphatic heterocycles. The topological polar surface area (TPSA) is 135 Å². The average Bonchev–Trinajstić information content (AvgIpc) is 3.26. The molecular weight excluding hydrogens is 342 g/mol. The van der Waals surface area contributed by atoms with Crippen LogP contribution in [0.4, 0.5) is 5.82 Å². The van der Waals surface area contributed by atoms with Gasteiger partial charge in [-0.15, -0.1) is 0 Å². The van der Waals surface area contributed by atoms with Gasteiger partial charge in [0.1, 0.15) is 24.6 Å². The summed E-state index contributed by atoms with van der Waals surface area (Å²) in [4.78, 5) is 12.8. The highest BCUT2D eigenvalue weighted by atomic mass is 16.6. The summed E-state index contributed by atoms with van der Waals surface area (Å²) in [6.07, 6.45) is 1.34. The first kappa shape index (κ1) is 17.2. The minimum absolute atomic E-state index is 0.398. The fraction of sp³-hybridized carbons (Fsp3) is 0.562. The molecule has 0 amide bonds. The fourth-order valence-electron chi connectivity index (χ4n) is 3.34. The van der Waals surface area contributed by atoms with Gasteiger partial charge in [0.2, 0.25) is 0 Å². The molecule has 4 rings (SSSR count). The Bertz CT molecular complexity index is 855. The average molecular weight is 363 g/mol. The van der Waals surface area contributed by atoms with Crippen LogP contribution in [0.25, 0.3) is 11.2 Å². The third-order valence-corrected chi connectivity index (χ3v) is 4.70. The van der Waals surface area contributed by atoms with Crippen LogP contribution >= 0.6 is 0 Å². The van der Waals surface area contributed by atoms with E-state index in [0.717, 1.165) is 5.76 Å². The lowest BCUT2D eigenvalue weighted by molar-refractivity contribution is -0.0511. The van der Waals surface area contributed by atoms with Gasteiger partial charge in [-0.2, -0.15) is 0 Å². The quantitative estimate of drug-likeness (QED) is 0.587. The van der Waals surface area contributed by atoms with Gasteiger partial charge in [-0.25, -0.2) is 15.0 Å². The van der Waals surface area contributed by atoms with E-state index in [1.807, 2.05) is 19.9 Å². The van der Waals surface area contributed by atoms with Gasteiger partial charge < -0.3 is 30.1 Å². The van der Waals surface area contributed by atoms with Gasteiger partial charge in [0, 0.05) is 6.42 Å². The summed E-state index contributed by atoms with van der Waals surface area (Å²) in [7, 11) is 0. The molecule has 2 aliphatic rings. The van der Waals surface area contributed by atoms with E-state index in [-0.39, 0.29) is 0 Å². The third-order valence-electron chi connectivity index (χ3n) is 4.70. The number of aliphatic hydroxyl groups excluding tert-OH is 3. The molecule has 10 nitrogen and oxygen atoms in total. The van der Waals surface area contributed by atoms with Gasteiger partial charge in [-0.1, -0.05) is 0 Å². The third kappa shape index (κ3) is 2.71. The second-order valence-corrected chi connectivity index (χ2v) is 6.75. The molecule has 1 unspecified atom stereocenters. The molecule has 10 heteroatoms. The number of allylic oxidation sites excluding steroid dienone is 1. The number of nitrogens with zero attached hydrogens (tertiary/aromatic N) is 4. The zero-order valence-electron chi connectivity index (χ0n) is 14.4. The van der Waals surface area contributed by atoms with E-state index in [1.54, 1.807) is 0 Å². The normalized spacial score (nSPS) is 34.1. The van der Waals surface area contributed by atoms with Crippen LogP contribution in [0.1, 0.15) is 26.5 Å². The molecule has 4 N–H and O–H groups in total. The van der Waals surface area contributed by atoms with Crippen LogP contribution in [-0.2, 0) is 9.47 Å². The number of fused-ring (bicyclic) bond motifs is 1. The van der Waals surface area contributed by atoms with E-state index >= 15 is 0 Å². The van der Waals surface area contributed by atoms with Crippen LogP contribution in [0.15, 0.2) is 24.5 Å². The highest BCUT2D eigenvalue weighted by Gasteiger charge is 2.44. The zero-order valence-corrected chi connectivity index (χ0v) is 14.4. The molecule has 2 aromatic rings. The number of ether oxygens (including phenoxy) is 2. The predicted molar refractivity (Wildman–Crippen MR) is 89.8 cm³/mol. The minimum atomic E-state index is -1.21. The molecule has 0 radical (unpaired) electrons. The van der Waals surface area contributed by atoms with Crippen molar-refractivity contribution in [2.75, 3.05) is 11.9 Å². The molecule has 4 heterocycles. The number of imidazole rings is 1. The number of anilines is 1. The van der Waals surface area contributed by atoms with Crippen LogP contribution in [0.5, 0.6) is 0 Å². The molecule has 0 saturated carbocycles. The summed E-state index contributed by atoms with van der Waals surface area (Å²) in [5.74, 6) is 1.33. The SMILES string of the molecule is CC1=CCC(C)(Nc2ncnc3c2ncn3[C@@H]2O[C@H](CO)[C@@H](O)[C@H]2O)O1. The van der Waals surface area contributed by atoms with E-state index in [4.69, 9.17) is 9.47 Å². The second kappa shape index (κ2) is 6.16. The molecule has 140 valence electrons. The van der Waals surface area contributed by atoms with Gasteiger partial charge >= 0.3 is 0 Å². The molecule has 26 heavy (non-hydrogen) atoms. The van der Waals surface area contributed by atoms with E-state index < -0.39 is 36.9 Å². The predicted octanol–water partition coefficient (Wildman–Crippen LogP) is -0.110. The first-order valence-corrected chi connectivity index (χ1v) is 8.36. The molecule has 0 aromatic carbocycles. The molecule has 0 aliphatic carbocycles. The van der Waals surface area contributed by atoms with E-state index in [2.05, 4.69) is 20.3 Å². The number of rotatable bonds is 4. The molecule has 5 atom stereocenters. The van der Waals surface area contributed by atoms with Crippen molar-refractivity contribution < 1.29 is 24.8 Å². The van der Waals surface area contributed by atoms with Crippen LogP contribution in [-0.4, -0.2) is 65.5 Å². The molecule has 0 bridgehead atoms. The summed E-state index contributed by atoms with van der Waals surface area (Å²) in [6, 6.07) is 0. The monoisotopic (exact) mass is 363 g/mol. The standard InChI is InChI=1S/C16H21N5O5/c1-8-3-4-16(2,26-8)20-13-10-14(18-6-17-13)21(7-19-10)15-12(24)11(23)9(5-22)25-15/h3,6-7,9,11-12,15,22-24H,4-5H2,1-2H3,(H,17,18,20)/t9-,11-,12-,15-,16?/m1/s1. The summed E-state index contributed by atoms with van der Waals surface area (Å²) >= 11 is 0. The Morgan fingerprint density at radius 1 is 1.31 bits per heavy atom. The van der Waals surface area contributed by atoms with Crippen molar-refractivity contribution in [1.82, 2.24) is 19.5 Å². The van der Waals surface area contributed by atoms with Crippen molar-refractivity contribution in [3.8, 4) is 0 Å². The first-order valence-electron chi connectivity index (χ1n) is 8.36. The summed E-state index contributed by atoms with van der Waals surface area (Å²) < 4.78 is 12.9. The Morgan fingerprint density at radius 2 is 2.12 bits per heavy atom. The number of hydrogen-bond acceptors (Lipinski definition) is 9. The van der Waals surface area contributed by atoms with Crippen molar-refractivity contribution in [2.24, 2.45) is 0 Å². The maximum atomic E-state index is 10.2. The highest BCUT2D eigenvalue weighted by molar-refractivity contribution is 5.83. The van der Waals surface area contributed by atoms with Crippen molar-refractivity contribution in [3.05, 3.63) is 24.5 Å². The van der Waals surface area contributed by atoms with Gasteiger partial charge in [0.25, 0.3) is 0 Å². The van der Waals surface area contributed by atoms with Gasteiger partial charge in [0.05, 0.1) is 18.7 Å². The van der Waals surface area contributed by atoms with Crippen LogP contribution in [0, 0.1) is 0 Å². The van der Waals surface area contributed by atoms with Crippen molar-refractivity contribution in [2.45, 2.75) is 50.5 Å². The first-order chi connectivity index (χ1) is 12.4. The second-order valence-electron chi connectivity index (χ2n) is 6.75. The van der Waals surface area contributed by atoms with E-state index in [0.29, 0.717) is 23.4 Å². The van der Waals surface area contributed by atoms with Gasteiger partial charge in [-0.05, 0) is 19.9 Å². The molecule has 2 aromatic heterocycles. The van der Waals surface area contributed by atoms with Crippen molar-refractivity contribution >= 4 is 17.0 Å². The maximum absolute atomic E-state index is 10.2. The number of aliphatic hydroxyl groups is 3. The number of hydrogen-bond donors (Lipinski definition) is 4. The maximum Gasteiger partial charge on any atom is 0.182 e. The van der Waals surface area contributed by atoms with Gasteiger partial charge in [0.15, 0.2) is 28.9 Å². The summed E-state index contributed by atoms with van der Waals surface area (Å²) in [5, 5.41) is 32.7. The largest absolute Gasteiger partial charge is 0.473 e. The number of aromatic nitrogens is 4. The van der Waals surface area contributed by atoms with Crippen LogP contribution in [0.3, 0.4) is 0 Å². The van der Waals surface area contributed by atoms with E-state index in [1.165, 1.54) is 17.2 Å². The molecular formula is C16H21N5O5. The Balaban J connectivity index is 1.66. The lowest BCUT2D eigenvalue weighted by atomic mass is 10.1. The molecule has 0 spiro atoms. The highest BCUT2D eigenvalue weighted by Crippen LogP contribution is 2.34. The lowest BCUT2D eigenvalue weighted by Gasteiger charge is -2.26. The fourth-order valence-corrected chi connectivity index (χ4v) is 3.34. The van der Waals surface area contributed by atoms with Gasteiger partial charge in [-0.3, -0.25) is 4.57 Å². The number of nitrogens with one attached hydrogen (secondary N) is 1. The van der Waals surface area contributed by atoms with Crippen molar-refractivity contribution in [1.29, 1.82) is 0 Å². The van der Waals surface area contributed by atoms with Crippen LogP contribution in [0.2, 0.25) is 0 Å². The lowest BCUT2D eigenvalue weighted by Crippen LogP contribution is -2.34. The summed E-state index contributed by atoms with van der Waals surface area (Å²) in [5.41, 5.74) is 0.291. The minimum Gasteiger partial charge on any atom is -0.473 e.